The third kappa shape index (κ3) is 2.66. The predicted octanol–water partition coefficient (Wildman–Crippen LogP) is 5.90. The van der Waals surface area contributed by atoms with Crippen LogP contribution in [0.15, 0.2) is 36.4 Å². The first-order valence-electron chi connectivity index (χ1n) is 9.74. The molecule has 2 aromatic rings. The average Bonchev–Trinajstić information content (AvgIpc) is 2.91. The lowest BCUT2D eigenvalue weighted by Crippen LogP contribution is -2.50. The Labute approximate surface area is 167 Å². The highest BCUT2D eigenvalue weighted by atomic mass is 35.5. The molecule has 0 amide bonds. The van der Waals surface area contributed by atoms with Crippen LogP contribution in [0.3, 0.4) is 0 Å². The molecule has 0 radical (unpaired) electrons. The maximum absolute atomic E-state index is 13.6. The van der Waals surface area contributed by atoms with E-state index in [1.165, 1.54) is 0 Å². The molecule has 0 bridgehead atoms. The van der Waals surface area contributed by atoms with Crippen molar-refractivity contribution in [2.24, 2.45) is 0 Å². The Morgan fingerprint density at radius 1 is 1.18 bits per heavy atom. The van der Waals surface area contributed by atoms with Crippen molar-refractivity contribution >= 4 is 28.2 Å². The van der Waals surface area contributed by atoms with Crippen molar-refractivity contribution in [3.63, 3.8) is 0 Å². The van der Waals surface area contributed by atoms with Gasteiger partial charge in [0.1, 0.15) is 6.07 Å². The molecule has 0 N–H and O–H groups in total. The smallest absolute Gasteiger partial charge is 0.252 e. The van der Waals surface area contributed by atoms with E-state index in [0.717, 1.165) is 41.6 Å². The van der Waals surface area contributed by atoms with E-state index in [1.807, 2.05) is 41.3 Å². The minimum absolute atomic E-state index is 0.129. The van der Waals surface area contributed by atoms with Gasteiger partial charge in [-0.3, -0.25) is 0 Å². The summed E-state index contributed by atoms with van der Waals surface area (Å²) in [4.78, 5) is 2.04. The Hall–Kier alpha value is -2.32. The third-order valence-corrected chi connectivity index (χ3v) is 6.51. The third-order valence-electron chi connectivity index (χ3n) is 6.27. The number of allylic oxidation sites excluding steroid dienone is 2. The summed E-state index contributed by atoms with van der Waals surface area (Å²) in [5, 5.41) is 11.4. The highest BCUT2D eigenvalue weighted by Gasteiger charge is 2.49. The van der Waals surface area contributed by atoms with Gasteiger partial charge in [0.2, 0.25) is 0 Å². The number of halogens is 3. The second-order valence-corrected chi connectivity index (χ2v) is 8.44. The van der Waals surface area contributed by atoms with Gasteiger partial charge >= 0.3 is 0 Å². The summed E-state index contributed by atoms with van der Waals surface area (Å²) in [6, 6.07) is 8.18. The van der Waals surface area contributed by atoms with Crippen LogP contribution in [-0.4, -0.2) is 28.0 Å². The van der Waals surface area contributed by atoms with Gasteiger partial charge in [0, 0.05) is 41.9 Å². The van der Waals surface area contributed by atoms with Gasteiger partial charge in [-0.15, -0.1) is 0 Å². The summed E-state index contributed by atoms with van der Waals surface area (Å²) in [5.74, 6) is -2.58. The molecular formula is C22H20ClF2N3. The van der Waals surface area contributed by atoms with Crippen molar-refractivity contribution in [3.8, 4) is 6.07 Å². The molecule has 1 aromatic carbocycles. The lowest BCUT2D eigenvalue weighted by molar-refractivity contribution is -0.112. The van der Waals surface area contributed by atoms with E-state index in [1.54, 1.807) is 0 Å². The Bertz CT molecular complexity index is 1050. The van der Waals surface area contributed by atoms with Crippen molar-refractivity contribution in [1.29, 1.82) is 5.26 Å². The molecule has 3 nitrogen and oxygen atoms in total. The fourth-order valence-corrected chi connectivity index (χ4v) is 4.79. The SMILES string of the molecule is N#Cc1c(C2=CC=CCN2C2CC(F)(F)C2)n(C2CCC2)c2ccc(Cl)cc12. The van der Waals surface area contributed by atoms with Crippen LogP contribution in [0, 0.1) is 11.3 Å². The van der Waals surface area contributed by atoms with E-state index in [9.17, 15) is 14.0 Å². The van der Waals surface area contributed by atoms with Crippen molar-refractivity contribution < 1.29 is 8.78 Å². The number of fused-ring (bicyclic) bond motifs is 1. The zero-order valence-electron chi connectivity index (χ0n) is 15.3. The van der Waals surface area contributed by atoms with E-state index in [0.29, 0.717) is 23.2 Å². The molecule has 2 aliphatic carbocycles. The second kappa shape index (κ2) is 6.35. The molecule has 2 saturated carbocycles. The summed E-state index contributed by atoms with van der Waals surface area (Å²) in [6.07, 6.45) is 8.94. The van der Waals surface area contributed by atoms with Gasteiger partial charge in [-0.2, -0.15) is 5.26 Å². The van der Waals surface area contributed by atoms with E-state index in [-0.39, 0.29) is 18.9 Å². The second-order valence-electron chi connectivity index (χ2n) is 8.00. The molecule has 0 unspecified atom stereocenters. The molecule has 2 fully saturated rings. The lowest BCUT2D eigenvalue weighted by atomic mass is 9.85. The molecule has 3 aliphatic rings. The molecular weight excluding hydrogens is 380 g/mol. The first-order chi connectivity index (χ1) is 13.5. The molecule has 28 heavy (non-hydrogen) atoms. The van der Waals surface area contributed by atoms with Crippen LogP contribution in [0.2, 0.25) is 5.02 Å². The number of hydrogen-bond donors (Lipinski definition) is 0. The fraction of sp³-hybridized carbons (Fsp3) is 0.409. The zero-order chi connectivity index (χ0) is 19.5. The minimum atomic E-state index is -2.58. The molecule has 6 heteroatoms. The molecule has 0 atom stereocenters. The van der Waals surface area contributed by atoms with Gasteiger partial charge in [-0.05, 0) is 43.5 Å². The first kappa shape index (κ1) is 17.8. The van der Waals surface area contributed by atoms with Crippen LogP contribution in [0.5, 0.6) is 0 Å². The van der Waals surface area contributed by atoms with E-state index < -0.39 is 5.92 Å². The van der Waals surface area contributed by atoms with E-state index >= 15 is 0 Å². The summed E-state index contributed by atoms with van der Waals surface area (Å²) in [5.41, 5.74) is 3.31. The zero-order valence-corrected chi connectivity index (χ0v) is 16.1. The normalized spacial score (nSPS) is 21.9. The minimum Gasteiger partial charge on any atom is -0.363 e. The summed E-state index contributed by atoms with van der Waals surface area (Å²) in [7, 11) is 0. The standard InChI is InChI=1S/C22H20ClF2N3/c23-14-7-8-19-17(10-14)18(13-26)21(28(19)15-4-3-5-15)20-6-1-2-9-27(20)16-11-22(24,25)12-16/h1-2,6-8,10,15-16H,3-5,9,11-12H2. The van der Waals surface area contributed by atoms with Gasteiger partial charge in [-0.25, -0.2) is 8.78 Å². The first-order valence-corrected chi connectivity index (χ1v) is 10.1. The number of nitriles is 1. The largest absolute Gasteiger partial charge is 0.363 e. The molecule has 1 aromatic heterocycles. The van der Waals surface area contributed by atoms with E-state index in [4.69, 9.17) is 11.6 Å². The highest BCUT2D eigenvalue weighted by molar-refractivity contribution is 6.31. The molecule has 1 aliphatic heterocycles. The predicted molar refractivity (Wildman–Crippen MR) is 106 cm³/mol. The highest BCUT2D eigenvalue weighted by Crippen LogP contribution is 2.46. The van der Waals surface area contributed by atoms with Gasteiger partial charge in [0.15, 0.2) is 0 Å². The molecule has 0 spiro atoms. The molecule has 0 saturated heterocycles. The van der Waals surface area contributed by atoms with E-state index in [2.05, 4.69) is 10.6 Å². The van der Waals surface area contributed by atoms with Crippen LogP contribution in [0.25, 0.3) is 16.6 Å². The summed E-state index contributed by atoms with van der Waals surface area (Å²) < 4.78 is 29.4. The van der Waals surface area contributed by atoms with Gasteiger partial charge in [0.25, 0.3) is 5.92 Å². The maximum atomic E-state index is 13.6. The monoisotopic (exact) mass is 399 g/mol. The summed E-state index contributed by atoms with van der Waals surface area (Å²) in [6.45, 7) is 0.588. The van der Waals surface area contributed by atoms with Crippen molar-refractivity contribution in [1.82, 2.24) is 9.47 Å². The number of hydrogen-bond acceptors (Lipinski definition) is 2. The molecule has 5 rings (SSSR count). The van der Waals surface area contributed by atoms with Crippen molar-refractivity contribution in [2.75, 3.05) is 6.54 Å². The van der Waals surface area contributed by atoms with Crippen LogP contribution in [0.1, 0.15) is 49.4 Å². The Balaban J connectivity index is 1.70. The van der Waals surface area contributed by atoms with Crippen molar-refractivity contribution in [2.45, 2.75) is 50.1 Å². The number of alkyl halides is 2. The maximum Gasteiger partial charge on any atom is 0.252 e. The number of rotatable bonds is 3. The lowest BCUT2D eigenvalue weighted by Gasteiger charge is -2.45. The van der Waals surface area contributed by atoms with Gasteiger partial charge in [0.05, 0.1) is 22.5 Å². The Morgan fingerprint density at radius 2 is 1.96 bits per heavy atom. The average molecular weight is 400 g/mol. The van der Waals surface area contributed by atoms with Crippen LogP contribution < -0.4 is 0 Å². The molecule has 144 valence electrons. The number of benzene rings is 1. The quantitative estimate of drug-likeness (QED) is 0.643. The Kier molecular flexibility index (Phi) is 4.03. The number of nitrogens with zero attached hydrogens (tertiary/aromatic N) is 3. The van der Waals surface area contributed by atoms with Crippen molar-refractivity contribution in [3.05, 3.63) is 52.7 Å². The molecule has 2 heterocycles. The summed E-state index contributed by atoms with van der Waals surface area (Å²) >= 11 is 6.23. The fourth-order valence-electron chi connectivity index (χ4n) is 4.61. The number of aromatic nitrogens is 1. The van der Waals surface area contributed by atoms with Crippen LogP contribution in [0.4, 0.5) is 8.78 Å². The Morgan fingerprint density at radius 3 is 2.61 bits per heavy atom. The van der Waals surface area contributed by atoms with Crippen LogP contribution >= 0.6 is 11.6 Å². The van der Waals surface area contributed by atoms with Gasteiger partial charge in [-0.1, -0.05) is 23.8 Å². The van der Waals surface area contributed by atoms with Gasteiger partial charge < -0.3 is 9.47 Å². The topological polar surface area (TPSA) is 32.0 Å². The van der Waals surface area contributed by atoms with Crippen LogP contribution in [-0.2, 0) is 0 Å².